The van der Waals surface area contributed by atoms with Crippen LogP contribution >= 0.6 is 11.6 Å². The van der Waals surface area contributed by atoms with Crippen LogP contribution in [-0.2, 0) is 7.05 Å². The molecule has 2 aromatic heterocycles. The summed E-state index contributed by atoms with van der Waals surface area (Å²) in [5.41, 5.74) is 6.65. The number of hydrogen-bond acceptors (Lipinski definition) is 6. The molecule has 0 fully saturated rings. The van der Waals surface area contributed by atoms with Gasteiger partial charge in [-0.15, -0.1) is 0 Å². The molecule has 124 valence electrons. The molecular weight excluding hydrogens is 328 g/mol. The second-order valence-electron chi connectivity index (χ2n) is 5.18. The lowest BCUT2D eigenvalue weighted by Gasteiger charge is -2.20. The van der Waals surface area contributed by atoms with Gasteiger partial charge >= 0.3 is 0 Å². The van der Waals surface area contributed by atoms with Crippen LogP contribution in [0.1, 0.15) is 17.4 Å². The zero-order chi connectivity index (χ0) is 17.1. The van der Waals surface area contributed by atoms with Crippen LogP contribution in [0.3, 0.4) is 0 Å². The first-order chi connectivity index (χ1) is 11.6. The molecule has 3 N–H and O–H groups in total. The van der Waals surface area contributed by atoms with Crippen molar-refractivity contribution in [3.63, 3.8) is 0 Å². The number of nitrogens with one attached hydrogen (secondary N) is 1. The number of methoxy groups -OCH3 is 1. The monoisotopic (exact) mass is 344 g/mol. The molecule has 0 aliphatic heterocycles. The molecule has 0 aliphatic carbocycles. The van der Waals surface area contributed by atoms with Crippen LogP contribution in [0.4, 0.5) is 11.8 Å². The predicted octanol–water partition coefficient (Wildman–Crippen LogP) is 2.66. The van der Waals surface area contributed by atoms with E-state index in [1.165, 1.54) is 0 Å². The van der Waals surface area contributed by atoms with Crippen LogP contribution in [0.15, 0.2) is 42.7 Å². The van der Waals surface area contributed by atoms with E-state index in [0.717, 1.165) is 17.1 Å². The molecule has 2 heterocycles. The number of imidazole rings is 1. The Labute approximate surface area is 144 Å². The van der Waals surface area contributed by atoms with E-state index in [9.17, 15) is 0 Å². The molecule has 24 heavy (non-hydrogen) atoms. The second-order valence-corrected chi connectivity index (χ2v) is 5.57. The van der Waals surface area contributed by atoms with Crippen molar-refractivity contribution < 1.29 is 4.74 Å². The Balaban J connectivity index is 2.03. The minimum absolute atomic E-state index is 0.106. The molecule has 1 aromatic carbocycles. The first-order valence-electron chi connectivity index (χ1n) is 7.24. The fraction of sp³-hybridized carbons (Fsp3) is 0.188. The van der Waals surface area contributed by atoms with E-state index >= 15 is 0 Å². The maximum Gasteiger partial charge on any atom is 0.223 e. The lowest BCUT2D eigenvalue weighted by atomic mass is 10.1. The molecule has 1 atom stereocenters. The maximum atomic E-state index is 5.97. The molecule has 0 amide bonds. The van der Waals surface area contributed by atoms with Crippen LogP contribution in [-0.4, -0.2) is 26.6 Å². The van der Waals surface area contributed by atoms with Gasteiger partial charge in [-0.1, -0.05) is 23.7 Å². The van der Waals surface area contributed by atoms with Gasteiger partial charge in [-0.3, -0.25) is 0 Å². The highest BCUT2D eigenvalue weighted by molar-refractivity contribution is 6.29. The van der Waals surface area contributed by atoms with Gasteiger partial charge in [0.2, 0.25) is 5.95 Å². The lowest BCUT2D eigenvalue weighted by Crippen LogP contribution is -2.18. The molecule has 3 rings (SSSR count). The predicted molar refractivity (Wildman–Crippen MR) is 93.1 cm³/mol. The molecule has 0 spiro atoms. The third-order valence-electron chi connectivity index (χ3n) is 3.55. The highest BCUT2D eigenvalue weighted by Gasteiger charge is 2.20. The van der Waals surface area contributed by atoms with E-state index in [2.05, 4.69) is 20.3 Å². The largest absolute Gasteiger partial charge is 0.497 e. The molecular formula is C16H17ClN6O. The summed E-state index contributed by atoms with van der Waals surface area (Å²) in [7, 11) is 3.56. The van der Waals surface area contributed by atoms with Crippen molar-refractivity contribution >= 4 is 23.4 Å². The van der Waals surface area contributed by atoms with Gasteiger partial charge in [-0.25, -0.2) is 9.97 Å². The molecule has 7 nitrogen and oxygen atoms in total. The van der Waals surface area contributed by atoms with Crippen LogP contribution in [0, 0.1) is 0 Å². The Bertz CT molecular complexity index is 830. The number of aromatic nitrogens is 4. The number of halogens is 1. The third kappa shape index (κ3) is 3.41. The van der Waals surface area contributed by atoms with Gasteiger partial charge in [0.05, 0.1) is 7.11 Å². The number of aryl methyl sites for hydroxylation is 1. The number of nitrogens with two attached hydrogens (primary N) is 1. The van der Waals surface area contributed by atoms with Crippen LogP contribution < -0.4 is 15.8 Å². The van der Waals surface area contributed by atoms with Gasteiger partial charge in [-0.05, 0) is 17.7 Å². The van der Waals surface area contributed by atoms with E-state index in [1.54, 1.807) is 19.4 Å². The summed E-state index contributed by atoms with van der Waals surface area (Å²) in [5, 5.41) is 3.59. The van der Waals surface area contributed by atoms with Gasteiger partial charge in [0.25, 0.3) is 0 Å². The number of rotatable bonds is 5. The smallest absolute Gasteiger partial charge is 0.223 e. The number of nitrogen functional groups attached to an aromatic ring is 1. The number of nitrogens with zero attached hydrogens (tertiary/aromatic N) is 4. The number of benzene rings is 1. The Morgan fingerprint density at radius 3 is 2.79 bits per heavy atom. The molecule has 3 aromatic rings. The Morgan fingerprint density at radius 2 is 2.12 bits per heavy atom. The number of anilines is 2. The topological polar surface area (TPSA) is 90.9 Å². The van der Waals surface area contributed by atoms with Gasteiger partial charge in [-0.2, -0.15) is 4.98 Å². The van der Waals surface area contributed by atoms with Crippen molar-refractivity contribution in [3.05, 3.63) is 59.3 Å². The summed E-state index contributed by atoms with van der Waals surface area (Å²) in [6.45, 7) is 0. The fourth-order valence-electron chi connectivity index (χ4n) is 2.43. The molecule has 0 radical (unpaired) electrons. The molecule has 1 unspecified atom stereocenters. The van der Waals surface area contributed by atoms with Crippen LogP contribution in [0.5, 0.6) is 5.75 Å². The van der Waals surface area contributed by atoms with E-state index in [0.29, 0.717) is 5.82 Å². The molecule has 0 saturated carbocycles. The van der Waals surface area contributed by atoms with Crippen LogP contribution in [0.2, 0.25) is 5.15 Å². The first kappa shape index (κ1) is 16.1. The number of ether oxygens (including phenoxy) is 1. The van der Waals surface area contributed by atoms with Gasteiger partial charge in [0.1, 0.15) is 28.6 Å². The maximum absolute atomic E-state index is 5.97. The molecule has 0 saturated heterocycles. The Kier molecular flexibility index (Phi) is 4.52. The Morgan fingerprint density at radius 1 is 1.29 bits per heavy atom. The Hall–Kier alpha value is -2.80. The molecule has 8 heteroatoms. The highest BCUT2D eigenvalue weighted by Crippen LogP contribution is 2.28. The molecule has 0 bridgehead atoms. The fourth-order valence-corrected chi connectivity index (χ4v) is 2.62. The van der Waals surface area contributed by atoms with Crippen molar-refractivity contribution in [1.29, 1.82) is 0 Å². The van der Waals surface area contributed by atoms with Gasteiger partial charge in [0.15, 0.2) is 0 Å². The summed E-state index contributed by atoms with van der Waals surface area (Å²) >= 11 is 5.97. The van der Waals surface area contributed by atoms with Crippen LogP contribution in [0.25, 0.3) is 0 Å². The highest BCUT2D eigenvalue weighted by atomic mass is 35.5. The standard InChI is InChI=1S/C16H17ClN6O/c1-23-7-6-19-15(23)14(10-4-3-5-11(8-10)24-2)21-13-9-12(17)20-16(18)22-13/h3-9,14H,1-2H3,(H3,18,20,21,22). The third-order valence-corrected chi connectivity index (χ3v) is 3.74. The van der Waals surface area contributed by atoms with Crippen molar-refractivity contribution in [3.8, 4) is 5.75 Å². The van der Waals surface area contributed by atoms with E-state index in [4.69, 9.17) is 22.1 Å². The average molecular weight is 345 g/mol. The lowest BCUT2D eigenvalue weighted by molar-refractivity contribution is 0.414. The van der Waals surface area contributed by atoms with E-state index < -0.39 is 0 Å². The molecule has 0 aliphatic rings. The van der Waals surface area contributed by atoms with Crippen molar-refractivity contribution in [2.45, 2.75) is 6.04 Å². The second kappa shape index (κ2) is 6.76. The summed E-state index contributed by atoms with van der Waals surface area (Å²) in [6, 6.07) is 9.10. The van der Waals surface area contributed by atoms with Gasteiger partial charge < -0.3 is 20.4 Å². The van der Waals surface area contributed by atoms with Crippen molar-refractivity contribution in [2.75, 3.05) is 18.2 Å². The zero-order valence-electron chi connectivity index (χ0n) is 13.3. The summed E-state index contributed by atoms with van der Waals surface area (Å²) in [6.07, 6.45) is 3.62. The summed E-state index contributed by atoms with van der Waals surface area (Å²) in [4.78, 5) is 12.5. The average Bonchev–Trinajstić information content (AvgIpc) is 2.97. The van der Waals surface area contributed by atoms with E-state index in [1.807, 2.05) is 42.1 Å². The quantitative estimate of drug-likeness (QED) is 0.691. The first-order valence-corrected chi connectivity index (χ1v) is 7.62. The zero-order valence-corrected chi connectivity index (χ0v) is 14.0. The minimum Gasteiger partial charge on any atom is -0.497 e. The summed E-state index contributed by atoms with van der Waals surface area (Å²) < 4.78 is 7.25. The van der Waals surface area contributed by atoms with Crippen molar-refractivity contribution in [1.82, 2.24) is 19.5 Å². The SMILES string of the molecule is COc1cccc(C(Nc2cc(Cl)nc(N)n2)c2nccn2C)c1. The normalized spacial score (nSPS) is 12.0. The minimum atomic E-state index is -0.259. The summed E-state index contributed by atoms with van der Waals surface area (Å²) in [5.74, 6) is 2.20. The number of hydrogen-bond donors (Lipinski definition) is 2. The van der Waals surface area contributed by atoms with Gasteiger partial charge in [0, 0.05) is 25.5 Å². The van der Waals surface area contributed by atoms with Crippen molar-refractivity contribution in [2.24, 2.45) is 7.05 Å². The van der Waals surface area contributed by atoms with E-state index in [-0.39, 0.29) is 17.1 Å².